The Morgan fingerprint density at radius 2 is 2.25 bits per heavy atom. The van der Waals surface area contributed by atoms with Crippen LogP contribution in [-0.4, -0.2) is 53.3 Å². The van der Waals surface area contributed by atoms with E-state index >= 15 is 0 Å². The zero-order chi connectivity index (χ0) is 13.7. The van der Waals surface area contributed by atoms with Crippen molar-refractivity contribution in [2.45, 2.75) is 18.6 Å². The molecule has 0 saturated carbocycles. The van der Waals surface area contributed by atoms with Crippen molar-refractivity contribution < 1.29 is 9.52 Å². The van der Waals surface area contributed by atoms with Gasteiger partial charge in [-0.25, -0.2) is 4.98 Å². The molecule has 2 aromatic rings. The van der Waals surface area contributed by atoms with Crippen molar-refractivity contribution in [1.82, 2.24) is 9.88 Å². The second-order valence-corrected chi connectivity index (χ2v) is 6.37. The molecule has 2 aliphatic heterocycles. The highest BCUT2D eigenvalue weighted by atomic mass is 79.9. The van der Waals surface area contributed by atoms with Crippen LogP contribution in [0.2, 0.25) is 0 Å². The van der Waals surface area contributed by atoms with Crippen LogP contribution in [0.25, 0.3) is 11.0 Å². The minimum Gasteiger partial charge on any atom is -0.445 e. The van der Waals surface area contributed by atoms with Crippen LogP contribution in [0.15, 0.2) is 27.4 Å². The Hall–Kier alpha value is -1.11. The van der Waals surface area contributed by atoms with E-state index in [4.69, 9.17) is 4.42 Å². The number of aromatic nitrogens is 1. The zero-order valence-corrected chi connectivity index (χ0v) is 12.6. The Balaban J connectivity index is 1.66. The lowest BCUT2D eigenvalue weighted by molar-refractivity contribution is 0.173. The van der Waals surface area contributed by atoms with Crippen molar-refractivity contribution in [1.29, 1.82) is 0 Å². The normalized spacial score (nSPS) is 27.2. The number of anilines is 1. The van der Waals surface area contributed by atoms with Crippen LogP contribution in [0.3, 0.4) is 0 Å². The highest BCUT2D eigenvalue weighted by Gasteiger charge is 2.36. The SMILES string of the molecule is O[C@@H]1C[C@H]2CN(c3nccc4cc(Br)oc34)CCN2C1. The maximum Gasteiger partial charge on any atom is 0.178 e. The number of furan rings is 1. The van der Waals surface area contributed by atoms with Crippen LogP contribution >= 0.6 is 15.9 Å². The van der Waals surface area contributed by atoms with Crippen LogP contribution in [0, 0.1) is 0 Å². The summed E-state index contributed by atoms with van der Waals surface area (Å²) < 4.78 is 6.47. The molecule has 0 aliphatic carbocycles. The molecular weight excluding hydrogens is 322 g/mol. The van der Waals surface area contributed by atoms with Gasteiger partial charge in [-0.3, -0.25) is 4.90 Å². The van der Waals surface area contributed by atoms with E-state index in [2.05, 4.69) is 30.7 Å². The van der Waals surface area contributed by atoms with Gasteiger partial charge in [0.15, 0.2) is 16.1 Å². The molecule has 0 unspecified atom stereocenters. The Kier molecular flexibility index (Phi) is 2.98. The molecule has 2 aliphatic rings. The average Bonchev–Trinajstić information content (AvgIpc) is 2.97. The predicted molar refractivity (Wildman–Crippen MR) is 79.9 cm³/mol. The highest BCUT2D eigenvalue weighted by molar-refractivity contribution is 9.10. The summed E-state index contributed by atoms with van der Waals surface area (Å²) >= 11 is 3.38. The number of pyridine rings is 1. The van der Waals surface area contributed by atoms with Crippen LogP contribution in [0.5, 0.6) is 0 Å². The number of fused-ring (bicyclic) bond motifs is 2. The van der Waals surface area contributed by atoms with E-state index in [9.17, 15) is 5.11 Å². The molecule has 0 radical (unpaired) electrons. The molecule has 2 atom stereocenters. The second-order valence-electron chi connectivity index (χ2n) is 5.59. The molecule has 0 amide bonds. The van der Waals surface area contributed by atoms with Crippen molar-refractivity contribution in [3.8, 4) is 0 Å². The maximum absolute atomic E-state index is 9.79. The van der Waals surface area contributed by atoms with E-state index in [1.165, 1.54) is 0 Å². The Bertz CT molecular complexity index is 644. The van der Waals surface area contributed by atoms with Crippen molar-refractivity contribution >= 4 is 32.7 Å². The quantitative estimate of drug-likeness (QED) is 0.860. The van der Waals surface area contributed by atoms with Crippen LogP contribution in [0.4, 0.5) is 5.82 Å². The van der Waals surface area contributed by atoms with Gasteiger partial charge in [0.1, 0.15) is 0 Å². The number of rotatable bonds is 1. The van der Waals surface area contributed by atoms with Gasteiger partial charge in [-0.1, -0.05) is 0 Å². The molecule has 0 aromatic carbocycles. The second kappa shape index (κ2) is 4.72. The number of hydrogen-bond donors (Lipinski definition) is 1. The Morgan fingerprint density at radius 1 is 1.35 bits per heavy atom. The van der Waals surface area contributed by atoms with Gasteiger partial charge in [0, 0.05) is 43.8 Å². The van der Waals surface area contributed by atoms with Gasteiger partial charge in [-0.2, -0.15) is 0 Å². The third kappa shape index (κ3) is 2.03. The molecule has 5 nitrogen and oxygen atoms in total. The number of halogens is 1. The first-order chi connectivity index (χ1) is 9.70. The summed E-state index contributed by atoms with van der Waals surface area (Å²) in [5, 5.41) is 10.9. The third-order valence-corrected chi connectivity index (χ3v) is 4.67. The van der Waals surface area contributed by atoms with Gasteiger partial charge >= 0.3 is 0 Å². The number of aliphatic hydroxyl groups excluding tert-OH is 1. The molecule has 2 fully saturated rings. The van der Waals surface area contributed by atoms with Gasteiger partial charge < -0.3 is 14.4 Å². The molecule has 20 heavy (non-hydrogen) atoms. The smallest absolute Gasteiger partial charge is 0.178 e. The summed E-state index contributed by atoms with van der Waals surface area (Å²) in [5.41, 5.74) is 0.839. The van der Waals surface area contributed by atoms with Gasteiger partial charge in [0.25, 0.3) is 0 Å². The fourth-order valence-electron chi connectivity index (χ4n) is 3.35. The number of piperazine rings is 1. The summed E-state index contributed by atoms with van der Waals surface area (Å²) in [6.07, 6.45) is 2.51. The molecule has 4 heterocycles. The molecule has 6 heteroatoms. The van der Waals surface area contributed by atoms with Crippen molar-refractivity contribution in [3.63, 3.8) is 0 Å². The summed E-state index contributed by atoms with van der Waals surface area (Å²) in [6, 6.07) is 4.35. The van der Waals surface area contributed by atoms with Crippen LogP contribution in [-0.2, 0) is 0 Å². The molecular formula is C14H16BrN3O2. The first-order valence-electron chi connectivity index (χ1n) is 6.92. The van der Waals surface area contributed by atoms with Crippen LogP contribution in [0.1, 0.15) is 6.42 Å². The average molecular weight is 338 g/mol. The van der Waals surface area contributed by atoms with E-state index in [1.54, 1.807) is 0 Å². The minimum atomic E-state index is -0.179. The molecule has 0 bridgehead atoms. The predicted octanol–water partition coefficient (Wildman–Crippen LogP) is 1.85. The summed E-state index contributed by atoms with van der Waals surface area (Å²) in [4.78, 5) is 9.16. The van der Waals surface area contributed by atoms with Gasteiger partial charge in [0.05, 0.1) is 6.10 Å². The standard InChI is InChI=1S/C14H16BrN3O2/c15-12-5-9-1-2-16-14(13(9)20-12)18-4-3-17-8-11(19)6-10(17)7-18/h1-2,5,10-11,19H,3-4,6-8H2/t10-,11+/m0/s1. The Labute approximate surface area is 125 Å². The van der Waals surface area contributed by atoms with E-state index < -0.39 is 0 Å². The lowest BCUT2D eigenvalue weighted by Crippen LogP contribution is -2.50. The lowest BCUT2D eigenvalue weighted by atomic mass is 10.1. The highest BCUT2D eigenvalue weighted by Crippen LogP contribution is 2.32. The first kappa shape index (κ1) is 12.6. The molecule has 4 rings (SSSR count). The van der Waals surface area contributed by atoms with Gasteiger partial charge in [-0.05, 0) is 34.5 Å². The topological polar surface area (TPSA) is 52.7 Å². The fourth-order valence-corrected chi connectivity index (χ4v) is 3.76. The van der Waals surface area contributed by atoms with Crippen molar-refractivity contribution in [3.05, 3.63) is 23.0 Å². The van der Waals surface area contributed by atoms with Gasteiger partial charge in [0.2, 0.25) is 0 Å². The number of nitrogens with zero attached hydrogens (tertiary/aromatic N) is 3. The summed E-state index contributed by atoms with van der Waals surface area (Å²) in [5.74, 6) is 0.911. The van der Waals surface area contributed by atoms with Crippen molar-refractivity contribution in [2.24, 2.45) is 0 Å². The molecule has 0 spiro atoms. The van der Waals surface area contributed by atoms with Crippen LogP contribution < -0.4 is 4.90 Å². The Morgan fingerprint density at radius 3 is 3.15 bits per heavy atom. The largest absolute Gasteiger partial charge is 0.445 e. The number of aliphatic hydroxyl groups is 1. The summed E-state index contributed by atoms with van der Waals surface area (Å²) in [6.45, 7) is 3.61. The zero-order valence-electron chi connectivity index (χ0n) is 11.0. The summed E-state index contributed by atoms with van der Waals surface area (Å²) in [7, 11) is 0. The van der Waals surface area contributed by atoms with Gasteiger partial charge in [-0.15, -0.1) is 0 Å². The van der Waals surface area contributed by atoms with E-state index in [1.807, 2.05) is 18.3 Å². The first-order valence-corrected chi connectivity index (χ1v) is 7.71. The molecule has 1 N–H and O–H groups in total. The fraction of sp³-hybridized carbons (Fsp3) is 0.500. The molecule has 2 aromatic heterocycles. The van der Waals surface area contributed by atoms with E-state index in [0.717, 1.165) is 54.1 Å². The van der Waals surface area contributed by atoms with E-state index in [-0.39, 0.29) is 6.10 Å². The molecule has 106 valence electrons. The number of hydrogen-bond acceptors (Lipinski definition) is 5. The monoisotopic (exact) mass is 337 g/mol. The third-order valence-electron chi connectivity index (χ3n) is 4.28. The lowest BCUT2D eigenvalue weighted by Gasteiger charge is -2.37. The maximum atomic E-state index is 9.79. The van der Waals surface area contributed by atoms with E-state index in [0.29, 0.717) is 6.04 Å². The minimum absolute atomic E-state index is 0.179. The van der Waals surface area contributed by atoms with Crippen molar-refractivity contribution in [2.75, 3.05) is 31.1 Å². The molecule has 2 saturated heterocycles.